The molecule has 1 saturated heterocycles. The van der Waals surface area contributed by atoms with Crippen LogP contribution in [0.2, 0.25) is 0 Å². The lowest BCUT2D eigenvalue weighted by Gasteiger charge is -2.19. The topological polar surface area (TPSA) is 58.1 Å². The molecule has 6 nitrogen and oxygen atoms in total. The van der Waals surface area contributed by atoms with E-state index >= 15 is 0 Å². The van der Waals surface area contributed by atoms with E-state index in [2.05, 4.69) is 59.6 Å². The number of hydrogen-bond acceptors (Lipinski definition) is 4. The van der Waals surface area contributed by atoms with Crippen LogP contribution in [0, 0.1) is 6.92 Å². The normalized spacial score (nSPS) is 16.8. The molecule has 0 radical (unpaired) electrons. The van der Waals surface area contributed by atoms with E-state index in [4.69, 9.17) is 9.47 Å². The summed E-state index contributed by atoms with van der Waals surface area (Å²) in [5, 5.41) is 6.78. The molecule has 1 aromatic rings. The second kappa shape index (κ2) is 14.0. The summed E-state index contributed by atoms with van der Waals surface area (Å²) in [4.78, 5) is 6.67. The first kappa shape index (κ1) is 25.0. The molecule has 0 spiro atoms. The molecule has 0 saturated carbocycles. The van der Waals surface area contributed by atoms with Gasteiger partial charge in [-0.2, -0.15) is 0 Å². The van der Waals surface area contributed by atoms with Crippen LogP contribution in [-0.2, 0) is 11.3 Å². The van der Waals surface area contributed by atoms with Crippen molar-refractivity contribution in [1.29, 1.82) is 0 Å². The SMILES string of the molecule is CCCCN(C)CCNC(=NC)NCc1ccc(C)cc1OC1CCOC1.I. The molecule has 0 bridgehead atoms. The summed E-state index contributed by atoms with van der Waals surface area (Å²) in [6, 6.07) is 6.35. The van der Waals surface area contributed by atoms with Crippen molar-refractivity contribution in [3.63, 3.8) is 0 Å². The molecule has 160 valence electrons. The molecule has 1 atom stereocenters. The molecule has 0 amide bonds. The Hall–Kier alpha value is -1.06. The zero-order chi connectivity index (χ0) is 19.5. The minimum atomic E-state index is 0. The lowest BCUT2D eigenvalue weighted by atomic mass is 10.1. The molecule has 2 N–H and O–H groups in total. The molecule has 1 aromatic carbocycles. The highest BCUT2D eigenvalue weighted by atomic mass is 127. The van der Waals surface area contributed by atoms with Gasteiger partial charge in [0.1, 0.15) is 11.9 Å². The average molecular weight is 504 g/mol. The van der Waals surface area contributed by atoms with E-state index in [1.807, 2.05) is 0 Å². The van der Waals surface area contributed by atoms with E-state index in [0.717, 1.165) is 49.9 Å². The van der Waals surface area contributed by atoms with Gasteiger partial charge in [0, 0.05) is 38.7 Å². The van der Waals surface area contributed by atoms with E-state index in [9.17, 15) is 0 Å². The standard InChI is InChI=1S/C21H36N4O2.HI/c1-5-6-11-25(4)12-10-23-21(22-3)24-15-18-8-7-17(2)14-20(18)27-19-9-13-26-16-19;/h7-8,14,19H,5-6,9-13,15-16H2,1-4H3,(H2,22,23,24);1H. The Morgan fingerprint density at radius 1 is 1.32 bits per heavy atom. The summed E-state index contributed by atoms with van der Waals surface area (Å²) in [6.07, 6.45) is 3.58. The van der Waals surface area contributed by atoms with Crippen LogP contribution in [0.1, 0.15) is 37.3 Å². The summed E-state index contributed by atoms with van der Waals surface area (Å²) in [5.41, 5.74) is 2.33. The van der Waals surface area contributed by atoms with Crippen molar-refractivity contribution in [2.45, 2.75) is 45.8 Å². The van der Waals surface area contributed by atoms with Crippen molar-refractivity contribution in [3.8, 4) is 5.75 Å². The van der Waals surface area contributed by atoms with Gasteiger partial charge in [-0.15, -0.1) is 24.0 Å². The lowest BCUT2D eigenvalue weighted by Crippen LogP contribution is -2.40. The molecular weight excluding hydrogens is 467 g/mol. The highest BCUT2D eigenvalue weighted by Crippen LogP contribution is 2.23. The molecule has 2 rings (SSSR count). The number of nitrogens with one attached hydrogen (secondary N) is 2. The zero-order valence-electron chi connectivity index (χ0n) is 17.8. The summed E-state index contributed by atoms with van der Waals surface area (Å²) in [6.45, 7) is 9.46. The van der Waals surface area contributed by atoms with E-state index < -0.39 is 0 Å². The molecule has 0 aliphatic carbocycles. The van der Waals surface area contributed by atoms with Gasteiger partial charge >= 0.3 is 0 Å². The predicted molar refractivity (Wildman–Crippen MR) is 127 cm³/mol. The van der Waals surface area contributed by atoms with Gasteiger partial charge in [-0.25, -0.2) is 0 Å². The third kappa shape index (κ3) is 8.96. The predicted octanol–water partition coefficient (Wildman–Crippen LogP) is 3.18. The van der Waals surface area contributed by atoms with Crippen LogP contribution in [0.15, 0.2) is 23.2 Å². The van der Waals surface area contributed by atoms with Crippen molar-refractivity contribution >= 4 is 29.9 Å². The number of nitrogens with zero attached hydrogens (tertiary/aromatic N) is 2. The number of guanidine groups is 1. The smallest absolute Gasteiger partial charge is 0.191 e. The van der Waals surface area contributed by atoms with Crippen LogP contribution in [-0.4, -0.2) is 63.9 Å². The Balaban J connectivity index is 0.00000392. The van der Waals surface area contributed by atoms with Crippen molar-refractivity contribution < 1.29 is 9.47 Å². The summed E-state index contributed by atoms with van der Waals surface area (Å²) in [7, 11) is 3.97. The number of unbranched alkanes of at least 4 members (excludes halogenated alkanes) is 1. The zero-order valence-corrected chi connectivity index (χ0v) is 20.1. The summed E-state index contributed by atoms with van der Waals surface area (Å²) >= 11 is 0. The Bertz CT molecular complexity index is 592. The van der Waals surface area contributed by atoms with E-state index in [0.29, 0.717) is 13.2 Å². The average Bonchev–Trinajstić information content (AvgIpc) is 3.17. The fraction of sp³-hybridized carbons (Fsp3) is 0.667. The molecule has 1 aliphatic rings. The minimum Gasteiger partial charge on any atom is -0.488 e. The van der Waals surface area contributed by atoms with Gasteiger partial charge < -0.3 is 25.0 Å². The second-order valence-corrected chi connectivity index (χ2v) is 7.22. The van der Waals surface area contributed by atoms with Gasteiger partial charge in [0.15, 0.2) is 5.96 Å². The highest BCUT2D eigenvalue weighted by Gasteiger charge is 2.18. The number of benzene rings is 1. The van der Waals surface area contributed by atoms with Gasteiger partial charge in [-0.3, -0.25) is 4.99 Å². The Labute approximate surface area is 187 Å². The van der Waals surface area contributed by atoms with Crippen LogP contribution in [0.3, 0.4) is 0 Å². The first-order valence-corrected chi connectivity index (χ1v) is 10.1. The first-order chi connectivity index (χ1) is 13.1. The van der Waals surface area contributed by atoms with Crippen LogP contribution in [0.25, 0.3) is 0 Å². The summed E-state index contributed by atoms with van der Waals surface area (Å²) < 4.78 is 11.6. The van der Waals surface area contributed by atoms with Gasteiger partial charge in [0.25, 0.3) is 0 Å². The number of aliphatic imine (C=N–C) groups is 1. The fourth-order valence-corrected chi connectivity index (χ4v) is 3.01. The number of likely N-dealkylation sites (N-methyl/N-ethyl adjacent to an activating group) is 1. The maximum atomic E-state index is 6.17. The van der Waals surface area contributed by atoms with Gasteiger partial charge in [0.05, 0.1) is 13.2 Å². The van der Waals surface area contributed by atoms with Crippen molar-refractivity contribution in [1.82, 2.24) is 15.5 Å². The molecule has 1 aliphatic heterocycles. The van der Waals surface area contributed by atoms with Gasteiger partial charge in [-0.1, -0.05) is 25.5 Å². The number of halogens is 1. The maximum absolute atomic E-state index is 6.17. The minimum absolute atomic E-state index is 0. The highest BCUT2D eigenvalue weighted by molar-refractivity contribution is 14.0. The van der Waals surface area contributed by atoms with Crippen LogP contribution < -0.4 is 15.4 Å². The van der Waals surface area contributed by atoms with Gasteiger partial charge in [0.2, 0.25) is 0 Å². The fourth-order valence-electron chi connectivity index (χ4n) is 3.01. The molecule has 1 heterocycles. The number of ether oxygens (including phenoxy) is 2. The second-order valence-electron chi connectivity index (χ2n) is 7.22. The maximum Gasteiger partial charge on any atom is 0.191 e. The Kier molecular flexibility index (Phi) is 12.5. The summed E-state index contributed by atoms with van der Waals surface area (Å²) in [5.74, 6) is 1.75. The van der Waals surface area contributed by atoms with Gasteiger partial charge in [-0.05, 0) is 38.6 Å². The molecule has 7 heteroatoms. The number of rotatable bonds is 10. The number of hydrogen-bond donors (Lipinski definition) is 2. The number of aryl methyl sites for hydroxylation is 1. The third-order valence-electron chi connectivity index (χ3n) is 4.75. The molecular formula is C21H37IN4O2. The van der Waals surface area contributed by atoms with Crippen LogP contribution >= 0.6 is 24.0 Å². The lowest BCUT2D eigenvalue weighted by molar-refractivity contribution is 0.140. The molecule has 0 aromatic heterocycles. The Morgan fingerprint density at radius 3 is 2.82 bits per heavy atom. The quantitative estimate of drug-likeness (QED) is 0.291. The van der Waals surface area contributed by atoms with E-state index in [1.165, 1.54) is 18.4 Å². The van der Waals surface area contributed by atoms with Crippen LogP contribution in [0.4, 0.5) is 0 Å². The van der Waals surface area contributed by atoms with Crippen molar-refractivity contribution in [3.05, 3.63) is 29.3 Å². The van der Waals surface area contributed by atoms with Crippen molar-refractivity contribution in [2.24, 2.45) is 4.99 Å². The molecule has 1 unspecified atom stereocenters. The molecule has 28 heavy (non-hydrogen) atoms. The van der Waals surface area contributed by atoms with Crippen LogP contribution in [0.5, 0.6) is 5.75 Å². The largest absolute Gasteiger partial charge is 0.488 e. The van der Waals surface area contributed by atoms with Crippen molar-refractivity contribution in [2.75, 3.05) is 46.9 Å². The molecule has 1 fully saturated rings. The monoisotopic (exact) mass is 504 g/mol. The Morgan fingerprint density at radius 2 is 2.14 bits per heavy atom. The third-order valence-corrected chi connectivity index (χ3v) is 4.75. The van der Waals surface area contributed by atoms with E-state index in [-0.39, 0.29) is 30.1 Å². The van der Waals surface area contributed by atoms with E-state index in [1.54, 1.807) is 7.05 Å². The first-order valence-electron chi connectivity index (χ1n) is 10.1.